The first-order valence-electron chi connectivity index (χ1n) is 7.88. The van der Waals surface area contributed by atoms with Crippen molar-refractivity contribution in [1.29, 1.82) is 0 Å². The van der Waals surface area contributed by atoms with Gasteiger partial charge in [0.2, 0.25) is 0 Å². The predicted octanol–water partition coefficient (Wildman–Crippen LogP) is 2.63. The van der Waals surface area contributed by atoms with Gasteiger partial charge in [-0.05, 0) is 25.1 Å². The third-order valence-electron chi connectivity index (χ3n) is 4.73. The molecule has 0 radical (unpaired) electrons. The Hall–Kier alpha value is -1.86. The summed E-state index contributed by atoms with van der Waals surface area (Å²) >= 11 is 5.83. The predicted molar refractivity (Wildman–Crippen MR) is 89.2 cm³/mol. The van der Waals surface area contributed by atoms with E-state index in [4.69, 9.17) is 21.1 Å². The maximum Gasteiger partial charge on any atom is 0.330 e. The summed E-state index contributed by atoms with van der Waals surface area (Å²) in [5.74, 6) is -2.11. The lowest BCUT2D eigenvalue weighted by Crippen LogP contribution is -2.76. The Balaban J connectivity index is 2.03. The second kappa shape index (κ2) is 7.17. The third kappa shape index (κ3) is 3.57. The van der Waals surface area contributed by atoms with Gasteiger partial charge in [0.15, 0.2) is 6.61 Å². The van der Waals surface area contributed by atoms with E-state index < -0.39 is 35.3 Å². The van der Waals surface area contributed by atoms with Crippen LogP contribution in [0.3, 0.4) is 0 Å². The minimum absolute atomic E-state index is 0.0288. The molecule has 2 unspecified atom stereocenters. The van der Waals surface area contributed by atoms with E-state index >= 15 is 0 Å². The average Bonchev–Trinajstić information content (AvgIpc) is 2.52. The summed E-state index contributed by atoms with van der Waals surface area (Å²) in [7, 11) is 0. The van der Waals surface area contributed by atoms with Gasteiger partial charge in [0.1, 0.15) is 17.1 Å². The molecule has 1 aromatic rings. The molecule has 1 aromatic carbocycles. The second-order valence-electron chi connectivity index (χ2n) is 6.49. The van der Waals surface area contributed by atoms with E-state index in [0.29, 0.717) is 6.61 Å². The van der Waals surface area contributed by atoms with Crippen molar-refractivity contribution >= 4 is 23.5 Å². The first-order valence-corrected chi connectivity index (χ1v) is 8.25. The van der Waals surface area contributed by atoms with E-state index in [1.165, 1.54) is 6.07 Å². The van der Waals surface area contributed by atoms with Crippen molar-refractivity contribution in [3.8, 4) is 5.75 Å². The van der Waals surface area contributed by atoms with Gasteiger partial charge in [-0.25, -0.2) is 9.18 Å². The highest BCUT2D eigenvalue weighted by Crippen LogP contribution is 2.51. The van der Waals surface area contributed by atoms with Crippen molar-refractivity contribution in [3.05, 3.63) is 29.0 Å². The van der Waals surface area contributed by atoms with Crippen LogP contribution in [-0.2, 0) is 14.3 Å². The van der Waals surface area contributed by atoms with Crippen LogP contribution in [0.5, 0.6) is 5.75 Å². The molecule has 6 nitrogen and oxygen atoms in total. The molecule has 1 saturated carbocycles. The number of carbonyl (C=O) groups excluding carboxylic acids is 1. The first-order chi connectivity index (χ1) is 11.6. The highest BCUT2D eigenvalue weighted by Gasteiger charge is 2.66. The number of rotatable bonds is 7. The Morgan fingerprint density at radius 2 is 2.12 bits per heavy atom. The largest absolute Gasteiger partial charge is 0.482 e. The zero-order valence-corrected chi connectivity index (χ0v) is 15.0. The smallest absolute Gasteiger partial charge is 0.330 e. The van der Waals surface area contributed by atoms with Crippen LogP contribution < -0.4 is 10.1 Å². The average molecular weight is 374 g/mol. The fourth-order valence-electron chi connectivity index (χ4n) is 3.05. The summed E-state index contributed by atoms with van der Waals surface area (Å²) < 4.78 is 23.8. The van der Waals surface area contributed by atoms with E-state index in [-0.39, 0.29) is 23.3 Å². The monoisotopic (exact) mass is 373 g/mol. The molecular weight excluding hydrogens is 353 g/mol. The molecule has 1 aliphatic rings. The van der Waals surface area contributed by atoms with Crippen LogP contribution in [0.15, 0.2) is 18.2 Å². The number of ether oxygens (including phenoxy) is 2. The summed E-state index contributed by atoms with van der Waals surface area (Å²) in [4.78, 5) is 24.0. The van der Waals surface area contributed by atoms with Gasteiger partial charge in [0.05, 0.1) is 11.1 Å². The molecule has 0 aromatic heterocycles. The molecule has 1 amide bonds. The van der Waals surface area contributed by atoms with Gasteiger partial charge in [-0.1, -0.05) is 25.4 Å². The molecule has 2 N–H and O–H groups in total. The van der Waals surface area contributed by atoms with E-state index in [0.717, 1.165) is 12.1 Å². The number of hydrogen-bond acceptors (Lipinski definition) is 4. The van der Waals surface area contributed by atoms with E-state index in [9.17, 15) is 19.1 Å². The molecule has 1 fully saturated rings. The van der Waals surface area contributed by atoms with Gasteiger partial charge < -0.3 is 19.9 Å². The zero-order chi connectivity index (χ0) is 18.8. The Bertz CT molecular complexity index is 681. The van der Waals surface area contributed by atoms with Gasteiger partial charge in [-0.15, -0.1) is 0 Å². The lowest BCUT2D eigenvalue weighted by Gasteiger charge is -2.58. The number of carbonyl (C=O) groups is 2. The Kier molecular flexibility index (Phi) is 5.58. The first kappa shape index (κ1) is 19.5. The molecule has 0 bridgehead atoms. The molecule has 2 atom stereocenters. The van der Waals surface area contributed by atoms with Crippen molar-refractivity contribution in [1.82, 2.24) is 5.32 Å². The Morgan fingerprint density at radius 3 is 2.64 bits per heavy atom. The van der Waals surface area contributed by atoms with E-state index in [2.05, 4.69) is 5.32 Å². The molecule has 0 spiro atoms. The molecule has 2 rings (SSSR count). The number of carboxylic acid groups (broad SMARTS) is 1. The maximum absolute atomic E-state index is 13.0. The minimum Gasteiger partial charge on any atom is -0.482 e. The Morgan fingerprint density at radius 1 is 1.44 bits per heavy atom. The van der Waals surface area contributed by atoms with Crippen molar-refractivity contribution in [2.45, 2.75) is 38.8 Å². The fourth-order valence-corrected chi connectivity index (χ4v) is 3.27. The SMILES string of the molecule is CCOC1CC(NC(=O)COc2ccc(F)cc2Cl)(C(=O)O)C1(C)C. The topological polar surface area (TPSA) is 84.9 Å². The van der Waals surface area contributed by atoms with Gasteiger partial charge in [0.25, 0.3) is 5.91 Å². The van der Waals surface area contributed by atoms with Crippen LogP contribution in [0.4, 0.5) is 4.39 Å². The van der Waals surface area contributed by atoms with Crippen LogP contribution in [-0.4, -0.2) is 41.8 Å². The number of carboxylic acids is 1. The van der Waals surface area contributed by atoms with Crippen LogP contribution >= 0.6 is 11.6 Å². The van der Waals surface area contributed by atoms with E-state index in [1.807, 2.05) is 6.92 Å². The highest BCUT2D eigenvalue weighted by molar-refractivity contribution is 6.32. The summed E-state index contributed by atoms with van der Waals surface area (Å²) in [6.07, 6.45) is -0.0898. The molecule has 8 heteroatoms. The Labute approximate surface area is 150 Å². The molecular formula is C17H21ClFNO5. The molecule has 1 aliphatic carbocycles. The number of amides is 1. The fraction of sp³-hybridized carbons (Fsp3) is 0.529. The molecule has 0 saturated heterocycles. The van der Waals surface area contributed by atoms with E-state index in [1.54, 1.807) is 13.8 Å². The number of halogens is 2. The van der Waals surface area contributed by atoms with Crippen LogP contribution in [0, 0.1) is 11.2 Å². The van der Waals surface area contributed by atoms with Crippen LogP contribution in [0.25, 0.3) is 0 Å². The van der Waals surface area contributed by atoms with Crippen molar-refractivity contribution in [2.24, 2.45) is 5.41 Å². The van der Waals surface area contributed by atoms with Crippen LogP contribution in [0.1, 0.15) is 27.2 Å². The highest BCUT2D eigenvalue weighted by atomic mass is 35.5. The summed E-state index contributed by atoms with van der Waals surface area (Å²) in [6, 6.07) is 3.52. The molecule has 0 aliphatic heterocycles. The molecule has 138 valence electrons. The van der Waals surface area contributed by atoms with Crippen LogP contribution in [0.2, 0.25) is 5.02 Å². The normalized spacial score (nSPS) is 24.3. The van der Waals surface area contributed by atoms with Crippen molar-refractivity contribution < 1.29 is 28.6 Å². The summed E-state index contributed by atoms with van der Waals surface area (Å²) in [5.41, 5.74) is -2.21. The number of hydrogen-bond donors (Lipinski definition) is 2. The maximum atomic E-state index is 13.0. The minimum atomic E-state index is -1.43. The number of aliphatic carboxylic acids is 1. The quantitative estimate of drug-likeness (QED) is 0.767. The van der Waals surface area contributed by atoms with Gasteiger partial charge in [0, 0.05) is 18.4 Å². The number of benzene rings is 1. The second-order valence-corrected chi connectivity index (χ2v) is 6.90. The van der Waals surface area contributed by atoms with Gasteiger partial charge in [-0.3, -0.25) is 4.79 Å². The van der Waals surface area contributed by atoms with Crippen molar-refractivity contribution in [3.63, 3.8) is 0 Å². The third-order valence-corrected chi connectivity index (χ3v) is 5.03. The van der Waals surface area contributed by atoms with Crippen molar-refractivity contribution in [2.75, 3.05) is 13.2 Å². The lowest BCUT2D eigenvalue weighted by molar-refractivity contribution is -0.194. The standard InChI is InChI=1S/C17H21ClFNO5/c1-4-24-13-8-17(15(22)23,16(13,2)3)20-14(21)9-25-12-6-5-10(19)7-11(12)18/h5-7,13H,4,8-9H2,1-3H3,(H,20,21)(H,22,23). The molecule has 25 heavy (non-hydrogen) atoms. The summed E-state index contributed by atoms with van der Waals surface area (Å²) in [6.45, 7) is 5.33. The summed E-state index contributed by atoms with van der Waals surface area (Å²) in [5, 5.41) is 12.2. The molecule has 0 heterocycles. The zero-order valence-electron chi connectivity index (χ0n) is 14.3. The number of nitrogens with one attached hydrogen (secondary N) is 1. The van der Waals surface area contributed by atoms with Gasteiger partial charge in [-0.2, -0.15) is 0 Å². The van der Waals surface area contributed by atoms with Gasteiger partial charge >= 0.3 is 5.97 Å². The lowest BCUT2D eigenvalue weighted by atomic mass is 9.54.